The molecule has 0 aliphatic rings. The van der Waals surface area contributed by atoms with Gasteiger partial charge in [0, 0.05) is 0 Å². The van der Waals surface area contributed by atoms with Gasteiger partial charge in [-0.3, -0.25) is 0 Å². The zero-order valence-electron chi connectivity index (χ0n) is 2.72. The molecule has 0 saturated heterocycles. The zero-order valence-corrected chi connectivity index (χ0v) is 9.80. The van der Waals surface area contributed by atoms with Crippen LogP contribution < -0.4 is 0 Å². The molecule has 0 nitrogen and oxygen atoms in total. The van der Waals surface area contributed by atoms with E-state index in [1.165, 1.54) is 0 Å². The van der Waals surface area contributed by atoms with Gasteiger partial charge >= 0.3 is 50.9 Å². The van der Waals surface area contributed by atoms with Crippen LogP contribution in [0.25, 0.3) is 0 Å². The van der Waals surface area contributed by atoms with E-state index < -0.39 is 25.8 Å². The normalized spacial score (nSPS) is 10.7. The van der Waals surface area contributed by atoms with Gasteiger partial charge in [0.2, 0.25) is 0 Å². The molecule has 0 rings (SSSR count). The van der Waals surface area contributed by atoms with E-state index in [4.69, 9.17) is 0 Å². The van der Waals surface area contributed by atoms with Crippen LogP contribution in [-0.4, -0.2) is 3.69 Å². The van der Waals surface area contributed by atoms with E-state index in [0.717, 1.165) is 0 Å². The molecule has 6 heavy (non-hydrogen) atoms. The molecule has 0 aromatic rings. The molecule has 0 spiro atoms. The van der Waals surface area contributed by atoms with E-state index in [-0.39, 0.29) is 0 Å². The zero-order chi connectivity index (χ0) is 5.21. The van der Waals surface area contributed by atoms with Crippen LogP contribution in [0.4, 0.5) is 13.2 Å². The van der Waals surface area contributed by atoms with Crippen molar-refractivity contribution in [3.63, 3.8) is 0 Å². The predicted octanol–water partition coefficient (Wildman–Crippen LogP) is 1.90. The second kappa shape index (κ2) is 2.50. The van der Waals surface area contributed by atoms with E-state index >= 15 is 0 Å². The molecule has 0 aromatic carbocycles. The van der Waals surface area contributed by atoms with E-state index in [0.29, 0.717) is 0 Å². The Labute approximate surface area is 50.8 Å². The van der Waals surface area contributed by atoms with Crippen molar-refractivity contribution >= 4 is 11.9 Å². The molecule has 0 N–H and O–H groups in total. The van der Waals surface area contributed by atoms with Gasteiger partial charge in [0.1, 0.15) is 0 Å². The number of hydrogen-bond acceptors (Lipinski definition) is 0. The number of alkyl halides is 3. The Morgan fingerprint density at radius 1 is 1.33 bits per heavy atom. The first-order valence-corrected chi connectivity index (χ1v) is 15.9. The monoisotopic (exact) mass is 350 g/mol. The summed E-state index contributed by atoms with van der Waals surface area (Å²) < 4.78 is 28.7. The quantitative estimate of drug-likeness (QED) is 0.586. The molecule has 0 bridgehead atoms. The minimum absolute atomic E-state index is 2.47. The van der Waals surface area contributed by atoms with Gasteiger partial charge < -0.3 is 0 Å². The molecule has 0 aliphatic carbocycles. The van der Waals surface area contributed by atoms with Gasteiger partial charge in [-0.25, -0.2) is 0 Å². The Morgan fingerprint density at radius 3 is 1.50 bits per heavy atom. The summed E-state index contributed by atoms with van der Waals surface area (Å²) in [6.45, 7) is 0. The Kier molecular flexibility index (Phi) is 3.00. The Balaban J connectivity index is 3.17. The summed E-state index contributed by atoms with van der Waals surface area (Å²) >= 11 is -0.0793. The minimum atomic E-state index is -3.82. The fourth-order valence-corrected chi connectivity index (χ4v) is 0. The third-order valence-corrected chi connectivity index (χ3v) is 6.91. The maximum atomic E-state index is 10.8. The Morgan fingerprint density at radius 2 is 1.50 bits per heavy atom. The first-order valence-electron chi connectivity index (χ1n) is 1.19. The van der Waals surface area contributed by atoms with E-state index in [1.54, 1.807) is 0 Å². The number of halogens is 4. The van der Waals surface area contributed by atoms with Crippen molar-refractivity contribution in [2.24, 2.45) is 0 Å². The van der Waals surface area contributed by atoms with Crippen LogP contribution in [0.3, 0.4) is 0 Å². The van der Waals surface area contributed by atoms with Crippen LogP contribution in [0.2, 0.25) is 0 Å². The van der Waals surface area contributed by atoms with Gasteiger partial charge in [-0.1, -0.05) is 0 Å². The fourth-order valence-electron chi connectivity index (χ4n) is 0. The fraction of sp³-hybridized carbons (Fsp3) is 1.00. The van der Waals surface area contributed by atoms with Crippen molar-refractivity contribution < 1.29 is 35.3 Å². The number of rotatable bonds is 0. The van der Waals surface area contributed by atoms with Crippen LogP contribution in [0.5, 0.6) is 0 Å². The van der Waals surface area contributed by atoms with Crippen molar-refractivity contribution in [3.05, 3.63) is 0 Å². The first kappa shape index (κ1) is 7.21. The predicted molar refractivity (Wildman–Crippen MR) is 15.0 cm³/mol. The van der Waals surface area contributed by atoms with Crippen LogP contribution in [-0.2, 0) is 22.1 Å². The van der Waals surface area contributed by atoms with E-state index in [1.807, 2.05) is 0 Å². The van der Waals surface area contributed by atoms with Crippen molar-refractivity contribution in [1.29, 1.82) is 0 Å². The molecular formula is CBrF3Hg. The van der Waals surface area contributed by atoms with Gasteiger partial charge in [-0.05, 0) is 0 Å². The third-order valence-electron chi connectivity index (χ3n) is 0.152. The summed E-state index contributed by atoms with van der Waals surface area (Å²) in [5, 5.41) is 0. The van der Waals surface area contributed by atoms with Crippen LogP contribution in [0.15, 0.2) is 0 Å². The molecule has 0 aromatic heterocycles. The summed E-state index contributed by atoms with van der Waals surface area (Å²) in [4.78, 5) is 0. The van der Waals surface area contributed by atoms with Gasteiger partial charge in [0.15, 0.2) is 0 Å². The SMILES string of the molecule is F[C](F)(F)[Hg][Br]. The molecule has 0 heterocycles. The molecule has 0 fully saturated rings. The topological polar surface area (TPSA) is 0 Å². The van der Waals surface area contributed by atoms with Gasteiger partial charge in [0.05, 0.1) is 0 Å². The standard InChI is InChI=1S/CF3.BrH.Hg/c2-1(3)4;;/h;1H;/q;;+1/p-1. The molecular weight excluding hydrogens is 349 g/mol. The Hall–Kier alpha value is 1.21. The molecule has 0 saturated carbocycles. The summed E-state index contributed by atoms with van der Waals surface area (Å²) in [5.41, 5.74) is 0. The second-order valence-electron chi connectivity index (χ2n) is 0.749. The molecule has 0 amide bonds. The van der Waals surface area contributed by atoms with Crippen molar-refractivity contribution in [2.45, 2.75) is 3.69 Å². The molecule has 0 radical (unpaired) electrons. The van der Waals surface area contributed by atoms with Gasteiger partial charge in [-0.2, -0.15) is 0 Å². The Bertz CT molecular complexity index is 40.5. The van der Waals surface area contributed by atoms with Gasteiger partial charge in [-0.15, -0.1) is 0 Å². The summed E-state index contributed by atoms with van der Waals surface area (Å²) in [6, 6.07) is 0. The molecule has 0 unspecified atom stereocenters. The maximum absolute atomic E-state index is 10.8. The molecule has 34 valence electrons. The van der Waals surface area contributed by atoms with Crippen LogP contribution >= 0.6 is 11.9 Å². The average Bonchev–Trinajstić information content (AvgIpc) is 1.35. The second-order valence-corrected chi connectivity index (χ2v) is 9.83. The summed E-state index contributed by atoms with van der Waals surface area (Å²) in [5.74, 6) is 0. The van der Waals surface area contributed by atoms with Crippen LogP contribution in [0.1, 0.15) is 0 Å². The van der Waals surface area contributed by atoms with E-state index in [9.17, 15) is 13.2 Å². The molecule has 0 aliphatic heterocycles. The molecule has 0 atom stereocenters. The van der Waals surface area contributed by atoms with Crippen molar-refractivity contribution in [1.82, 2.24) is 0 Å². The third kappa shape index (κ3) is 5.21. The summed E-state index contributed by atoms with van der Waals surface area (Å²) in [7, 11) is 0. The van der Waals surface area contributed by atoms with Crippen LogP contribution in [0, 0.1) is 0 Å². The van der Waals surface area contributed by atoms with Gasteiger partial charge in [0.25, 0.3) is 0 Å². The molecule has 5 heteroatoms. The van der Waals surface area contributed by atoms with Crippen molar-refractivity contribution in [2.75, 3.05) is 0 Å². The average molecular weight is 349 g/mol. The first-order chi connectivity index (χ1) is 2.56. The van der Waals surface area contributed by atoms with E-state index in [2.05, 4.69) is 11.9 Å². The number of hydrogen-bond donors (Lipinski definition) is 0. The summed E-state index contributed by atoms with van der Waals surface area (Å²) in [6.07, 6.45) is 0. The van der Waals surface area contributed by atoms with Crippen molar-refractivity contribution in [3.8, 4) is 0 Å².